The maximum absolute atomic E-state index is 11.8. The van der Waals surface area contributed by atoms with Gasteiger partial charge in [-0.2, -0.15) is 0 Å². The van der Waals surface area contributed by atoms with Gasteiger partial charge in [-0.05, 0) is 46.3 Å². The normalized spacial score (nSPS) is 10.2. The fourth-order valence-corrected chi connectivity index (χ4v) is 2.59. The minimum absolute atomic E-state index is 0.0893. The van der Waals surface area contributed by atoms with Gasteiger partial charge in [0.15, 0.2) is 6.61 Å². The van der Waals surface area contributed by atoms with E-state index in [0.29, 0.717) is 25.9 Å². The molecule has 2 amide bonds. The molecule has 0 aromatic heterocycles. The van der Waals surface area contributed by atoms with E-state index in [1.165, 1.54) is 0 Å². The number of anilines is 2. The van der Waals surface area contributed by atoms with Gasteiger partial charge in [-0.25, -0.2) is 0 Å². The first kappa shape index (κ1) is 21.2. The summed E-state index contributed by atoms with van der Waals surface area (Å²) < 4.78 is 5.55. The van der Waals surface area contributed by atoms with Gasteiger partial charge in [-0.15, -0.1) is 0 Å². The molecule has 142 valence electrons. The smallest absolute Gasteiger partial charge is 0.306 e. The third-order valence-electron chi connectivity index (χ3n) is 3.27. The molecule has 0 radical (unpaired) electrons. The van der Waals surface area contributed by atoms with Gasteiger partial charge in [-0.3, -0.25) is 14.4 Å². The zero-order valence-electron chi connectivity index (χ0n) is 13.9. The molecule has 0 saturated carbocycles. The Bertz CT molecular complexity index is 861. The maximum atomic E-state index is 11.8. The molecular formula is C18H15BrCl2N2O4. The topological polar surface area (TPSA) is 84.5 Å². The van der Waals surface area contributed by atoms with Gasteiger partial charge in [-0.1, -0.05) is 35.3 Å². The molecule has 2 aromatic rings. The van der Waals surface area contributed by atoms with Crippen LogP contribution in [0, 0.1) is 0 Å². The summed E-state index contributed by atoms with van der Waals surface area (Å²) in [5, 5.41) is 5.99. The van der Waals surface area contributed by atoms with Crippen LogP contribution in [-0.2, 0) is 19.1 Å². The summed E-state index contributed by atoms with van der Waals surface area (Å²) in [6, 6.07) is 11.6. The van der Waals surface area contributed by atoms with Crippen LogP contribution in [0.15, 0.2) is 46.9 Å². The summed E-state index contributed by atoms with van der Waals surface area (Å²) in [6.45, 7) is -0.460. The van der Waals surface area contributed by atoms with Gasteiger partial charge in [0.1, 0.15) is 0 Å². The van der Waals surface area contributed by atoms with Crippen LogP contribution in [-0.4, -0.2) is 24.4 Å². The molecule has 0 aliphatic heterocycles. The summed E-state index contributed by atoms with van der Waals surface area (Å²) >= 11 is 15.1. The third-order valence-corrected chi connectivity index (χ3v) is 4.83. The zero-order valence-corrected chi connectivity index (χ0v) is 17.0. The second kappa shape index (κ2) is 10.3. The average molecular weight is 474 g/mol. The molecule has 0 fully saturated rings. The van der Waals surface area contributed by atoms with Crippen LogP contribution in [0.4, 0.5) is 11.4 Å². The second-order valence-corrected chi connectivity index (χ2v) is 7.03. The van der Waals surface area contributed by atoms with E-state index in [4.69, 9.17) is 27.9 Å². The predicted molar refractivity (Wildman–Crippen MR) is 108 cm³/mol. The number of ether oxygens (including phenoxy) is 1. The van der Waals surface area contributed by atoms with Gasteiger partial charge >= 0.3 is 5.97 Å². The minimum Gasteiger partial charge on any atom is -0.456 e. The molecular weight excluding hydrogens is 459 g/mol. The number of benzene rings is 2. The molecule has 2 rings (SSSR count). The quantitative estimate of drug-likeness (QED) is 0.573. The van der Waals surface area contributed by atoms with Crippen molar-refractivity contribution < 1.29 is 19.1 Å². The Morgan fingerprint density at radius 1 is 0.926 bits per heavy atom. The molecule has 0 saturated heterocycles. The highest BCUT2D eigenvalue weighted by molar-refractivity contribution is 9.10. The lowest BCUT2D eigenvalue weighted by atomic mass is 10.2. The van der Waals surface area contributed by atoms with E-state index in [-0.39, 0.29) is 18.7 Å². The molecule has 0 spiro atoms. The fourth-order valence-electron chi connectivity index (χ4n) is 1.98. The molecule has 2 N–H and O–H groups in total. The molecule has 27 heavy (non-hydrogen) atoms. The van der Waals surface area contributed by atoms with Crippen LogP contribution in [0.25, 0.3) is 0 Å². The van der Waals surface area contributed by atoms with Crippen molar-refractivity contribution >= 4 is 68.3 Å². The maximum Gasteiger partial charge on any atom is 0.306 e. The van der Waals surface area contributed by atoms with E-state index >= 15 is 0 Å². The first-order valence-electron chi connectivity index (χ1n) is 7.80. The minimum atomic E-state index is -0.659. The molecule has 9 heteroatoms. The van der Waals surface area contributed by atoms with Gasteiger partial charge in [0.05, 0.1) is 22.2 Å². The Kier molecular flexibility index (Phi) is 8.09. The first-order chi connectivity index (χ1) is 12.8. The molecule has 6 nitrogen and oxygen atoms in total. The van der Waals surface area contributed by atoms with Crippen molar-refractivity contribution in [3.05, 3.63) is 57.0 Å². The van der Waals surface area contributed by atoms with Gasteiger partial charge in [0.2, 0.25) is 5.91 Å². The molecule has 0 aliphatic rings. The van der Waals surface area contributed by atoms with Crippen LogP contribution < -0.4 is 10.6 Å². The first-order valence-corrected chi connectivity index (χ1v) is 9.35. The molecule has 0 bridgehead atoms. The SMILES string of the molecule is O=C(COC(=O)CCC(=O)Nc1ccccc1Cl)Nc1ccc(Br)c(Cl)c1. The van der Waals surface area contributed by atoms with E-state index in [1.807, 2.05) is 0 Å². The van der Waals surface area contributed by atoms with Gasteiger partial charge in [0.25, 0.3) is 5.91 Å². The lowest BCUT2D eigenvalue weighted by Gasteiger charge is -2.08. The monoisotopic (exact) mass is 472 g/mol. The number of halogens is 3. The van der Waals surface area contributed by atoms with E-state index in [0.717, 1.165) is 0 Å². The van der Waals surface area contributed by atoms with Crippen LogP contribution in [0.5, 0.6) is 0 Å². The van der Waals surface area contributed by atoms with E-state index in [9.17, 15) is 14.4 Å². The summed E-state index contributed by atoms with van der Waals surface area (Å²) in [5.74, 6) is -1.55. The zero-order chi connectivity index (χ0) is 19.8. The van der Waals surface area contributed by atoms with E-state index in [1.54, 1.807) is 42.5 Å². The Balaban J connectivity index is 1.70. The number of carbonyl (C=O) groups is 3. The summed E-state index contributed by atoms with van der Waals surface area (Å²) in [6.07, 6.45) is -0.248. The summed E-state index contributed by atoms with van der Waals surface area (Å²) in [5.41, 5.74) is 0.938. The summed E-state index contributed by atoms with van der Waals surface area (Å²) in [7, 11) is 0. The van der Waals surface area contributed by atoms with Crippen molar-refractivity contribution in [1.82, 2.24) is 0 Å². The second-order valence-electron chi connectivity index (χ2n) is 5.37. The average Bonchev–Trinajstić information content (AvgIpc) is 2.63. The number of esters is 1. The Hall–Kier alpha value is -2.09. The van der Waals surface area contributed by atoms with Gasteiger partial charge < -0.3 is 15.4 Å². The molecule has 0 atom stereocenters. The van der Waals surface area contributed by atoms with Gasteiger partial charge in [0, 0.05) is 16.6 Å². The van der Waals surface area contributed by atoms with Crippen LogP contribution in [0.1, 0.15) is 12.8 Å². The third kappa shape index (κ3) is 7.21. The Labute approximate surface area is 174 Å². The van der Waals surface area contributed by atoms with Crippen LogP contribution >= 0.6 is 39.1 Å². The number of amides is 2. The standard InChI is InChI=1S/C18H15BrCl2N2O4/c19-12-6-5-11(9-14(12)21)22-17(25)10-27-18(26)8-7-16(24)23-15-4-2-1-3-13(15)20/h1-6,9H,7-8,10H2,(H,22,25)(H,23,24). The summed E-state index contributed by atoms with van der Waals surface area (Å²) in [4.78, 5) is 35.3. The molecule has 0 heterocycles. The lowest BCUT2D eigenvalue weighted by molar-refractivity contribution is -0.147. The molecule has 0 unspecified atom stereocenters. The highest BCUT2D eigenvalue weighted by atomic mass is 79.9. The van der Waals surface area contributed by atoms with Crippen molar-refractivity contribution in [2.24, 2.45) is 0 Å². The number of para-hydroxylation sites is 1. The van der Waals surface area contributed by atoms with Crippen LogP contribution in [0.3, 0.4) is 0 Å². The van der Waals surface area contributed by atoms with Crippen LogP contribution in [0.2, 0.25) is 10.0 Å². The number of nitrogens with one attached hydrogen (secondary N) is 2. The van der Waals surface area contributed by atoms with Crippen molar-refractivity contribution in [1.29, 1.82) is 0 Å². The van der Waals surface area contributed by atoms with Crippen molar-refractivity contribution in [3.8, 4) is 0 Å². The van der Waals surface area contributed by atoms with E-state index < -0.39 is 18.5 Å². The number of carbonyl (C=O) groups excluding carboxylic acids is 3. The number of hydrogen-bond acceptors (Lipinski definition) is 4. The highest BCUT2D eigenvalue weighted by Crippen LogP contribution is 2.25. The van der Waals surface area contributed by atoms with Crippen molar-refractivity contribution in [3.63, 3.8) is 0 Å². The highest BCUT2D eigenvalue weighted by Gasteiger charge is 2.12. The molecule has 2 aromatic carbocycles. The Morgan fingerprint density at radius 2 is 1.67 bits per heavy atom. The number of rotatable bonds is 7. The van der Waals surface area contributed by atoms with E-state index in [2.05, 4.69) is 26.6 Å². The fraction of sp³-hybridized carbons (Fsp3) is 0.167. The lowest BCUT2D eigenvalue weighted by Crippen LogP contribution is -2.21. The largest absolute Gasteiger partial charge is 0.456 e. The Morgan fingerprint density at radius 3 is 2.37 bits per heavy atom. The predicted octanol–water partition coefficient (Wildman–Crippen LogP) is 4.66. The number of hydrogen-bond donors (Lipinski definition) is 2. The van der Waals surface area contributed by atoms with Crippen molar-refractivity contribution in [2.45, 2.75) is 12.8 Å². The molecule has 0 aliphatic carbocycles. The van der Waals surface area contributed by atoms with Crippen molar-refractivity contribution in [2.75, 3.05) is 17.2 Å².